The summed E-state index contributed by atoms with van der Waals surface area (Å²) in [7, 11) is 0. The molecule has 55 heavy (non-hydrogen) atoms. The molecule has 22 heteroatoms. The molecule has 2 heterocycles. The molecule has 0 aliphatic carbocycles. The van der Waals surface area contributed by atoms with Crippen LogP contribution in [0.25, 0.3) is 0 Å². The number of hydrogen-bond acceptors (Lipinski definition) is 20. The number of esters is 1. The lowest BCUT2D eigenvalue weighted by molar-refractivity contribution is -0.375. The van der Waals surface area contributed by atoms with E-state index in [1.54, 1.807) is 6.92 Å². The Morgan fingerprint density at radius 2 is 1.51 bits per heavy atom. The summed E-state index contributed by atoms with van der Waals surface area (Å²) in [6, 6.07) is -1.52. The van der Waals surface area contributed by atoms with E-state index in [1.807, 2.05) is 0 Å². The van der Waals surface area contributed by atoms with Crippen LogP contribution >= 0.6 is 0 Å². The first-order chi connectivity index (χ1) is 25.8. The molecule has 0 saturated carbocycles. The number of carbonyl (C=O) groups excluding carboxylic acids is 2. The number of hydrogen-bond donors (Lipinski definition) is 10. The van der Waals surface area contributed by atoms with E-state index in [0.717, 1.165) is 13.8 Å². The standard InChI is InChI=1S/C33H59NO21/c1-8-10-48-30(18(40)11-35)53-25(29(45)46)15(5)50-32(47-9-2)27(21(41)13(3)37)54-33-28(26(51-17(7)39)22(42)14(4)49-33)55-31-20(34-16(6)38)24(44)23(43)19(12-36)52-31/h13-15,18-28,30-33,35-37,40-44H,8-12H2,1-7H3,(H,34,38)(H,45,46)/t13-,14-,15+,18-,19?,20?,21?,22?,23?,24?,25?,26?,27?,28?,30?,31?,32-,33-/m0/s1. The van der Waals surface area contributed by atoms with Crippen molar-refractivity contribution in [1.29, 1.82) is 0 Å². The van der Waals surface area contributed by atoms with E-state index in [4.69, 9.17) is 42.6 Å². The van der Waals surface area contributed by atoms with Crippen LogP contribution in [0.4, 0.5) is 0 Å². The van der Waals surface area contributed by atoms with Crippen molar-refractivity contribution in [2.45, 2.75) is 165 Å². The highest BCUT2D eigenvalue weighted by Crippen LogP contribution is 2.33. The zero-order valence-electron chi connectivity index (χ0n) is 31.9. The van der Waals surface area contributed by atoms with Gasteiger partial charge in [0.25, 0.3) is 0 Å². The van der Waals surface area contributed by atoms with Crippen molar-refractivity contribution >= 4 is 17.8 Å². The third kappa shape index (κ3) is 13.7. The van der Waals surface area contributed by atoms with Crippen molar-refractivity contribution in [3.05, 3.63) is 0 Å². The Kier molecular flexibility index (Phi) is 20.7. The molecular weight excluding hydrogens is 746 g/mol. The van der Waals surface area contributed by atoms with Gasteiger partial charge >= 0.3 is 11.9 Å². The first-order valence-electron chi connectivity index (χ1n) is 18.0. The second-order valence-electron chi connectivity index (χ2n) is 13.2. The van der Waals surface area contributed by atoms with E-state index < -0.39 is 142 Å². The van der Waals surface area contributed by atoms with Crippen molar-refractivity contribution in [2.75, 3.05) is 26.4 Å². The van der Waals surface area contributed by atoms with Crippen LogP contribution in [-0.2, 0) is 57.0 Å². The Hall–Kier alpha value is -2.23. The van der Waals surface area contributed by atoms with Gasteiger partial charge in [-0.2, -0.15) is 0 Å². The Morgan fingerprint density at radius 3 is 2.02 bits per heavy atom. The molecular formula is C33H59NO21. The van der Waals surface area contributed by atoms with E-state index >= 15 is 0 Å². The van der Waals surface area contributed by atoms with Crippen LogP contribution in [0, 0.1) is 0 Å². The average Bonchev–Trinajstić information content (AvgIpc) is 3.12. The fourth-order valence-corrected chi connectivity index (χ4v) is 5.78. The maximum atomic E-state index is 12.4. The second kappa shape index (κ2) is 23.2. The molecule has 10 N–H and O–H groups in total. The van der Waals surface area contributed by atoms with Gasteiger partial charge in [-0.25, -0.2) is 4.79 Å². The van der Waals surface area contributed by atoms with Crippen molar-refractivity contribution in [1.82, 2.24) is 5.32 Å². The molecule has 0 radical (unpaired) electrons. The van der Waals surface area contributed by atoms with Crippen LogP contribution in [-0.4, -0.2) is 201 Å². The summed E-state index contributed by atoms with van der Waals surface area (Å²) < 4.78 is 51.8. The summed E-state index contributed by atoms with van der Waals surface area (Å²) in [5.74, 6) is -3.19. The van der Waals surface area contributed by atoms with Gasteiger partial charge in [0.15, 0.2) is 43.5 Å². The molecule has 2 aliphatic rings. The van der Waals surface area contributed by atoms with Crippen molar-refractivity contribution in [3.63, 3.8) is 0 Å². The summed E-state index contributed by atoms with van der Waals surface area (Å²) in [5, 5.41) is 96.3. The lowest BCUT2D eigenvalue weighted by Crippen LogP contribution is -2.68. The smallest absolute Gasteiger partial charge is 0.335 e. The largest absolute Gasteiger partial charge is 0.479 e. The normalized spacial score (nSPS) is 33.0. The Morgan fingerprint density at radius 1 is 0.855 bits per heavy atom. The summed E-state index contributed by atoms with van der Waals surface area (Å²) in [6.45, 7) is 7.41. The van der Waals surface area contributed by atoms with Gasteiger partial charge in [0.05, 0.1) is 31.5 Å². The molecule has 322 valence electrons. The SMILES string of the molecule is CCCOC(OC(C(=O)O)[C@@H](C)O[C@H](OCC)C(O[C@@H]1O[C@@H](C)C(O)C(OC(C)=O)C1OC1OC(CO)C(O)C(O)C1NC(C)=O)C(O)[C@H](C)O)[C@@H](O)CO. The van der Waals surface area contributed by atoms with Gasteiger partial charge in [0.1, 0.15) is 48.8 Å². The monoisotopic (exact) mass is 805 g/mol. The fourth-order valence-electron chi connectivity index (χ4n) is 5.78. The van der Waals surface area contributed by atoms with Crippen LogP contribution in [0.2, 0.25) is 0 Å². The summed E-state index contributed by atoms with van der Waals surface area (Å²) in [5.41, 5.74) is 0. The van der Waals surface area contributed by atoms with E-state index in [9.17, 15) is 60.3 Å². The van der Waals surface area contributed by atoms with Crippen LogP contribution in [0.1, 0.15) is 54.9 Å². The minimum absolute atomic E-state index is 0.0328. The predicted molar refractivity (Wildman–Crippen MR) is 180 cm³/mol. The number of ether oxygens (including phenoxy) is 9. The quantitative estimate of drug-likeness (QED) is 0.0346. The number of carboxylic acid groups (broad SMARTS) is 1. The van der Waals surface area contributed by atoms with E-state index in [-0.39, 0.29) is 13.2 Å². The Balaban J connectivity index is 2.61. The van der Waals surface area contributed by atoms with Gasteiger partial charge in [-0.05, 0) is 34.1 Å². The highest BCUT2D eigenvalue weighted by molar-refractivity contribution is 5.73. The minimum Gasteiger partial charge on any atom is -0.479 e. The Labute approximate surface area is 318 Å². The van der Waals surface area contributed by atoms with Crippen LogP contribution in [0.15, 0.2) is 0 Å². The van der Waals surface area contributed by atoms with Gasteiger partial charge in [0, 0.05) is 27.1 Å². The van der Waals surface area contributed by atoms with Gasteiger partial charge in [-0.15, -0.1) is 0 Å². The van der Waals surface area contributed by atoms with E-state index in [0.29, 0.717) is 6.42 Å². The maximum absolute atomic E-state index is 12.4. The topological polar surface area (TPSA) is 328 Å². The summed E-state index contributed by atoms with van der Waals surface area (Å²) in [6.07, 6.45) is -28.0. The maximum Gasteiger partial charge on any atom is 0.335 e. The van der Waals surface area contributed by atoms with Gasteiger partial charge < -0.3 is 93.9 Å². The van der Waals surface area contributed by atoms with Gasteiger partial charge in [-0.3, -0.25) is 9.59 Å². The van der Waals surface area contributed by atoms with E-state index in [1.165, 1.54) is 27.7 Å². The molecule has 0 bridgehead atoms. The molecule has 1 amide bonds. The average molecular weight is 806 g/mol. The van der Waals surface area contributed by atoms with Gasteiger partial charge in [0.2, 0.25) is 5.91 Å². The number of carboxylic acids is 1. The lowest BCUT2D eigenvalue weighted by Gasteiger charge is -2.48. The summed E-state index contributed by atoms with van der Waals surface area (Å²) in [4.78, 5) is 36.8. The number of carbonyl (C=O) groups is 3. The molecule has 0 spiro atoms. The molecule has 0 aromatic rings. The molecule has 22 nitrogen and oxygen atoms in total. The molecule has 0 aromatic heterocycles. The van der Waals surface area contributed by atoms with Gasteiger partial charge in [-0.1, -0.05) is 6.92 Å². The van der Waals surface area contributed by atoms with Crippen LogP contribution in [0.3, 0.4) is 0 Å². The zero-order valence-corrected chi connectivity index (χ0v) is 31.9. The summed E-state index contributed by atoms with van der Waals surface area (Å²) >= 11 is 0. The highest BCUT2D eigenvalue weighted by Gasteiger charge is 2.54. The second-order valence-corrected chi connectivity index (χ2v) is 13.2. The van der Waals surface area contributed by atoms with Crippen molar-refractivity contribution < 1.29 is 103 Å². The number of rotatable bonds is 23. The van der Waals surface area contributed by atoms with E-state index in [2.05, 4.69) is 5.32 Å². The molecule has 18 atom stereocenters. The van der Waals surface area contributed by atoms with Crippen LogP contribution < -0.4 is 5.32 Å². The first-order valence-corrected chi connectivity index (χ1v) is 18.0. The number of amides is 1. The van der Waals surface area contributed by atoms with Crippen molar-refractivity contribution in [3.8, 4) is 0 Å². The predicted octanol–water partition coefficient (Wildman–Crippen LogP) is -4.18. The number of nitrogens with one attached hydrogen (secondary N) is 1. The molecule has 0 aromatic carbocycles. The fraction of sp³-hybridized carbons (Fsp3) is 0.909. The number of aliphatic hydroxyl groups excluding tert-OH is 8. The minimum atomic E-state index is -1.91. The third-order valence-corrected chi connectivity index (χ3v) is 8.61. The molecule has 2 aliphatic heterocycles. The molecule has 2 rings (SSSR count). The highest BCUT2D eigenvalue weighted by atomic mass is 16.8. The first kappa shape index (κ1) is 48.9. The van der Waals surface area contributed by atoms with Crippen LogP contribution in [0.5, 0.6) is 0 Å². The lowest BCUT2D eigenvalue weighted by atomic mass is 9.95. The number of aliphatic hydroxyl groups is 8. The third-order valence-electron chi connectivity index (χ3n) is 8.61. The zero-order chi connectivity index (χ0) is 41.7. The number of aliphatic carboxylic acids is 1. The molecule has 2 saturated heterocycles. The molecule has 2 fully saturated rings. The Bertz CT molecular complexity index is 1170. The molecule has 12 unspecified atom stereocenters. The van der Waals surface area contributed by atoms with Crippen molar-refractivity contribution in [2.24, 2.45) is 0 Å².